The van der Waals surface area contributed by atoms with Gasteiger partial charge in [0, 0.05) is 17.9 Å². The van der Waals surface area contributed by atoms with Crippen LogP contribution in [0.4, 0.5) is 0 Å². The molecular formula is C14H15BrO4. The fourth-order valence-corrected chi connectivity index (χ4v) is 2.64. The van der Waals surface area contributed by atoms with E-state index in [-0.39, 0.29) is 6.79 Å². The van der Waals surface area contributed by atoms with Crippen molar-refractivity contribution in [3.63, 3.8) is 0 Å². The van der Waals surface area contributed by atoms with E-state index in [0.29, 0.717) is 21.7 Å². The maximum atomic E-state index is 5.64. The molecule has 0 radical (unpaired) electrons. The third-order valence-electron chi connectivity index (χ3n) is 2.75. The maximum absolute atomic E-state index is 5.64. The number of methoxy groups -OCH3 is 3. The number of benzene rings is 2. The van der Waals surface area contributed by atoms with Crippen LogP contribution in [0.25, 0.3) is 10.8 Å². The van der Waals surface area contributed by atoms with Crippen molar-refractivity contribution >= 4 is 26.7 Å². The molecule has 0 fully saturated rings. The number of rotatable bonds is 5. The number of ether oxygens (including phenoxy) is 4. The Morgan fingerprint density at radius 1 is 0.895 bits per heavy atom. The Morgan fingerprint density at radius 3 is 2.00 bits per heavy atom. The Balaban J connectivity index is 2.75. The average Bonchev–Trinajstić information content (AvgIpc) is 2.45. The van der Waals surface area contributed by atoms with Crippen molar-refractivity contribution < 1.29 is 18.9 Å². The molecule has 0 heterocycles. The van der Waals surface area contributed by atoms with E-state index in [0.717, 1.165) is 10.8 Å². The molecule has 0 unspecified atom stereocenters. The molecule has 2 aromatic carbocycles. The van der Waals surface area contributed by atoms with Gasteiger partial charge in [0.2, 0.25) is 0 Å². The lowest BCUT2D eigenvalue weighted by atomic mass is 10.1. The Kier molecular flexibility index (Phi) is 4.50. The number of halogens is 1. The maximum Gasteiger partial charge on any atom is 0.188 e. The predicted octanol–water partition coefficient (Wildman–Crippen LogP) is 3.60. The van der Waals surface area contributed by atoms with Gasteiger partial charge in [-0.1, -0.05) is 24.3 Å². The molecule has 0 amide bonds. The first-order chi connectivity index (χ1) is 9.24. The summed E-state index contributed by atoms with van der Waals surface area (Å²) in [5, 5.41) is 1.86. The Labute approximate surface area is 120 Å². The van der Waals surface area contributed by atoms with Crippen LogP contribution < -0.4 is 14.2 Å². The predicted molar refractivity (Wildman–Crippen MR) is 77.3 cm³/mol. The van der Waals surface area contributed by atoms with E-state index in [1.807, 2.05) is 24.3 Å². The van der Waals surface area contributed by atoms with Crippen molar-refractivity contribution in [2.75, 3.05) is 28.1 Å². The number of hydrogen-bond acceptors (Lipinski definition) is 4. The van der Waals surface area contributed by atoms with Crippen LogP contribution in [0.2, 0.25) is 0 Å². The highest BCUT2D eigenvalue weighted by molar-refractivity contribution is 9.10. The third kappa shape index (κ3) is 2.48. The first-order valence-electron chi connectivity index (χ1n) is 5.68. The van der Waals surface area contributed by atoms with Crippen molar-refractivity contribution in [3.05, 3.63) is 28.7 Å². The lowest BCUT2D eigenvalue weighted by Crippen LogP contribution is -2.02. The SMILES string of the molecule is COCOc1c(Br)c(OC)c(OC)c2ccccc12. The summed E-state index contributed by atoms with van der Waals surface area (Å²) in [6, 6.07) is 7.81. The molecule has 2 rings (SSSR count). The van der Waals surface area contributed by atoms with Gasteiger partial charge in [-0.3, -0.25) is 0 Å². The molecule has 0 atom stereocenters. The smallest absolute Gasteiger partial charge is 0.188 e. The molecule has 0 aliphatic rings. The van der Waals surface area contributed by atoms with Crippen molar-refractivity contribution in [2.45, 2.75) is 0 Å². The molecule has 0 aliphatic carbocycles. The van der Waals surface area contributed by atoms with E-state index >= 15 is 0 Å². The zero-order valence-corrected chi connectivity index (χ0v) is 12.6. The molecule has 2 aromatic rings. The highest BCUT2D eigenvalue weighted by Gasteiger charge is 2.20. The van der Waals surface area contributed by atoms with Gasteiger partial charge in [-0.25, -0.2) is 0 Å². The highest BCUT2D eigenvalue weighted by atomic mass is 79.9. The average molecular weight is 327 g/mol. The van der Waals surface area contributed by atoms with Crippen molar-refractivity contribution in [1.82, 2.24) is 0 Å². The van der Waals surface area contributed by atoms with E-state index in [9.17, 15) is 0 Å². The molecule has 0 spiro atoms. The Morgan fingerprint density at radius 2 is 1.47 bits per heavy atom. The summed E-state index contributed by atoms with van der Waals surface area (Å²) in [7, 11) is 4.79. The zero-order valence-electron chi connectivity index (χ0n) is 11.0. The van der Waals surface area contributed by atoms with Gasteiger partial charge in [-0.05, 0) is 15.9 Å². The minimum atomic E-state index is 0.165. The molecule has 102 valence electrons. The van der Waals surface area contributed by atoms with E-state index in [2.05, 4.69) is 15.9 Å². The van der Waals surface area contributed by atoms with Crippen LogP contribution in [0.15, 0.2) is 28.7 Å². The topological polar surface area (TPSA) is 36.9 Å². The molecule has 0 aromatic heterocycles. The van der Waals surface area contributed by atoms with Gasteiger partial charge in [-0.15, -0.1) is 0 Å². The second kappa shape index (κ2) is 6.12. The van der Waals surface area contributed by atoms with Crippen LogP contribution in [-0.4, -0.2) is 28.1 Å². The van der Waals surface area contributed by atoms with E-state index in [1.165, 1.54) is 0 Å². The third-order valence-corrected chi connectivity index (χ3v) is 3.47. The van der Waals surface area contributed by atoms with E-state index in [4.69, 9.17) is 18.9 Å². The fraction of sp³-hybridized carbons (Fsp3) is 0.286. The van der Waals surface area contributed by atoms with Gasteiger partial charge in [0.25, 0.3) is 0 Å². The Hall–Kier alpha value is -1.46. The first kappa shape index (κ1) is 14.0. The fourth-order valence-electron chi connectivity index (χ4n) is 1.97. The number of fused-ring (bicyclic) bond motifs is 1. The minimum Gasteiger partial charge on any atom is -0.492 e. The number of hydrogen-bond donors (Lipinski definition) is 0. The van der Waals surface area contributed by atoms with Crippen LogP contribution >= 0.6 is 15.9 Å². The molecule has 0 N–H and O–H groups in total. The second-order valence-electron chi connectivity index (χ2n) is 3.81. The summed E-state index contributed by atoms with van der Waals surface area (Å²) >= 11 is 3.50. The highest BCUT2D eigenvalue weighted by Crippen LogP contribution is 2.48. The summed E-state index contributed by atoms with van der Waals surface area (Å²) in [5.41, 5.74) is 0. The minimum absolute atomic E-state index is 0.165. The van der Waals surface area contributed by atoms with E-state index < -0.39 is 0 Å². The van der Waals surface area contributed by atoms with Crippen molar-refractivity contribution in [3.8, 4) is 17.2 Å². The summed E-state index contributed by atoms with van der Waals surface area (Å²) in [4.78, 5) is 0. The second-order valence-corrected chi connectivity index (χ2v) is 4.60. The van der Waals surface area contributed by atoms with Crippen LogP contribution in [0.3, 0.4) is 0 Å². The quantitative estimate of drug-likeness (QED) is 0.787. The molecular weight excluding hydrogens is 312 g/mol. The van der Waals surface area contributed by atoms with Gasteiger partial charge in [0.1, 0.15) is 10.2 Å². The molecule has 0 bridgehead atoms. The van der Waals surface area contributed by atoms with Gasteiger partial charge in [-0.2, -0.15) is 0 Å². The molecule has 4 nitrogen and oxygen atoms in total. The van der Waals surface area contributed by atoms with Gasteiger partial charge < -0.3 is 18.9 Å². The standard InChI is InChI=1S/C14H15BrO4/c1-16-8-19-12-9-6-4-5-7-10(9)13(17-2)14(18-3)11(12)15/h4-7H,8H2,1-3H3. The van der Waals surface area contributed by atoms with E-state index in [1.54, 1.807) is 21.3 Å². The molecule has 5 heteroatoms. The first-order valence-corrected chi connectivity index (χ1v) is 6.47. The van der Waals surface area contributed by atoms with Gasteiger partial charge in [0.05, 0.1) is 14.2 Å². The van der Waals surface area contributed by atoms with Gasteiger partial charge >= 0.3 is 0 Å². The lowest BCUT2D eigenvalue weighted by molar-refractivity contribution is 0.0515. The monoisotopic (exact) mass is 326 g/mol. The van der Waals surface area contributed by atoms with Crippen LogP contribution in [0.5, 0.6) is 17.2 Å². The van der Waals surface area contributed by atoms with Crippen LogP contribution in [-0.2, 0) is 4.74 Å². The summed E-state index contributed by atoms with van der Waals surface area (Å²) in [6.07, 6.45) is 0. The zero-order chi connectivity index (χ0) is 13.8. The summed E-state index contributed by atoms with van der Waals surface area (Å²) in [5.74, 6) is 1.96. The summed E-state index contributed by atoms with van der Waals surface area (Å²) in [6.45, 7) is 0.165. The van der Waals surface area contributed by atoms with Crippen molar-refractivity contribution in [2.24, 2.45) is 0 Å². The summed E-state index contributed by atoms with van der Waals surface area (Å²) < 4.78 is 22.2. The van der Waals surface area contributed by atoms with Crippen LogP contribution in [0.1, 0.15) is 0 Å². The molecule has 0 aliphatic heterocycles. The van der Waals surface area contributed by atoms with Crippen molar-refractivity contribution in [1.29, 1.82) is 0 Å². The molecule has 19 heavy (non-hydrogen) atoms. The van der Waals surface area contributed by atoms with Crippen LogP contribution in [0, 0.1) is 0 Å². The molecule has 0 saturated heterocycles. The normalized spacial score (nSPS) is 10.5. The largest absolute Gasteiger partial charge is 0.492 e. The molecule has 0 saturated carbocycles. The lowest BCUT2D eigenvalue weighted by Gasteiger charge is -2.17. The Bertz CT molecular complexity index is 583. The van der Waals surface area contributed by atoms with Gasteiger partial charge in [0.15, 0.2) is 18.3 Å².